The first-order valence-corrected chi connectivity index (χ1v) is 44.2. The van der Waals surface area contributed by atoms with E-state index in [1.54, 1.807) is 0 Å². The van der Waals surface area contributed by atoms with Crippen LogP contribution in [0, 0.1) is 5.92 Å². The number of rotatable bonds is 79. The Morgan fingerprint density at radius 2 is 0.490 bits per heavy atom. The summed E-state index contributed by atoms with van der Waals surface area (Å²) in [5.74, 6) is -1.24. The van der Waals surface area contributed by atoms with Crippen LogP contribution in [0.25, 0.3) is 0 Å². The van der Waals surface area contributed by atoms with Crippen LogP contribution in [-0.2, 0) is 65.4 Å². The Bertz CT molecular complexity index is 1880. The van der Waals surface area contributed by atoms with Crippen molar-refractivity contribution in [2.24, 2.45) is 5.92 Å². The third-order valence-corrected chi connectivity index (χ3v) is 20.8. The minimum atomic E-state index is -4.96. The maximum Gasteiger partial charge on any atom is 0.472 e. The lowest BCUT2D eigenvalue weighted by atomic mass is 9.99. The fourth-order valence-corrected chi connectivity index (χ4v) is 13.8. The summed E-state index contributed by atoms with van der Waals surface area (Å²) < 4.78 is 68.5. The highest BCUT2D eigenvalue weighted by Gasteiger charge is 2.30. The van der Waals surface area contributed by atoms with Crippen LogP contribution in [0.3, 0.4) is 0 Å². The van der Waals surface area contributed by atoms with Crippen LogP contribution in [0.15, 0.2) is 0 Å². The standard InChI is InChI=1S/C79H154O17P2/c1-6-10-13-16-19-22-24-26-31-36-39-43-48-53-58-63-77(82)90-69-75(96-79(84)65-60-55-50-45-41-37-33-30-28-27-29-32-35-38-42-46-51-56-61-72(5)9-4)71-94-98(87,88)92-67-73(80)66-91-97(85,86)93-70-74(68-89-76(81)62-57-52-47-21-18-15-12-8-3)95-78(83)64-59-54-49-44-40-34-25-23-20-17-14-11-7-2/h72-75,80H,6-71H2,1-5H3,(H,85,86)(H,87,88)/t72?,73-,74+,75+/m0/s1. The molecule has 0 aromatic rings. The van der Waals surface area contributed by atoms with Gasteiger partial charge < -0.3 is 33.8 Å². The molecule has 0 aliphatic heterocycles. The van der Waals surface area contributed by atoms with Crippen LogP contribution >= 0.6 is 15.6 Å². The summed E-state index contributed by atoms with van der Waals surface area (Å²) in [5, 5.41) is 10.6. The van der Waals surface area contributed by atoms with Crippen molar-refractivity contribution in [3.05, 3.63) is 0 Å². The molecule has 0 fully saturated rings. The van der Waals surface area contributed by atoms with Crippen LogP contribution < -0.4 is 0 Å². The molecule has 0 radical (unpaired) electrons. The molecular formula is C79H154O17P2. The molecule has 0 aliphatic rings. The average Bonchev–Trinajstić information content (AvgIpc) is 1.14. The van der Waals surface area contributed by atoms with E-state index in [1.807, 2.05) is 0 Å². The van der Waals surface area contributed by atoms with Gasteiger partial charge in [0.05, 0.1) is 26.4 Å². The molecule has 0 heterocycles. The van der Waals surface area contributed by atoms with E-state index >= 15 is 0 Å². The number of phosphoric ester groups is 2. The number of esters is 4. The van der Waals surface area contributed by atoms with Crippen molar-refractivity contribution in [3.8, 4) is 0 Å². The van der Waals surface area contributed by atoms with Crippen LogP contribution in [0.4, 0.5) is 0 Å². The molecule has 0 amide bonds. The van der Waals surface area contributed by atoms with E-state index in [-0.39, 0.29) is 25.7 Å². The van der Waals surface area contributed by atoms with Crippen LogP contribution in [0.2, 0.25) is 0 Å². The molecule has 98 heavy (non-hydrogen) atoms. The van der Waals surface area contributed by atoms with Crippen molar-refractivity contribution in [1.82, 2.24) is 0 Å². The Kier molecular flexibility index (Phi) is 70.6. The minimum Gasteiger partial charge on any atom is -0.462 e. The normalized spacial score (nSPS) is 14.2. The molecule has 582 valence electrons. The minimum absolute atomic E-state index is 0.108. The number of hydrogen-bond acceptors (Lipinski definition) is 15. The summed E-state index contributed by atoms with van der Waals surface area (Å²) in [5.41, 5.74) is 0. The van der Waals surface area contributed by atoms with Crippen LogP contribution in [-0.4, -0.2) is 96.7 Å². The predicted octanol–water partition coefficient (Wildman–Crippen LogP) is 23.6. The lowest BCUT2D eigenvalue weighted by Gasteiger charge is -2.21. The van der Waals surface area contributed by atoms with E-state index in [0.29, 0.717) is 25.7 Å². The third kappa shape index (κ3) is 71.1. The van der Waals surface area contributed by atoms with Gasteiger partial charge in [0.1, 0.15) is 19.3 Å². The summed E-state index contributed by atoms with van der Waals surface area (Å²) in [6.45, 7) is 7.36. The summed E-state index contributed by atoms with van der Waals surface area (Å²) in [7, 11) is -9.91. The van der Waals surface area contributed by atoms with Crippen molar-refractivity contribution < 1.29 is 80.2 Å². The Labute approximate surface area is 600 Å². The summed E-state index contributed by atoms with van der Waals surface area (Å²) >= 11 is 0. The van der Waals surface area contributed by atoms with Gasteiger partial charge in [0.2, 0.25) is 0 Å². The number of aliphatic hydroxyl groups is 1. The molecule has 0 spiro atoms. The SMILES string of the molecule is CCCCCCCCCCCCCCCCCC(=O)OC[C@H](COP(=O)(O)OC[C@@H](O)COP(=O)(O)OC[C@@H](COC(=O)CCCCCCCCCC)OC(=O)CCCCCCCCCCCCCCC)OC(=O)CCCCCCCCCCCCCCCCCCCCC(C)CC. The summed E-state index contributed by atoms with van der Waals surface area (Å²) in [4.78, 5) is 72.8. The number of carbonyl (C=O) groups excluding carboxylic acids is 4. The van der Waals surface area contributed by atoms with Gasteiger partial charge in [-0.15, -0.1) is 0 Å². The third-order valence-electron chi connectivity index (χ3n) is 18.9. The number of carbonyl (C=O) groups is 4. The van der Waals surface area contributed by atoms with Crippen molar-refractivity contribution in [1.29, 1.82) is 0 Å². The number of phosphoric acid groups is 2. The van der Waals surface area contributed by atoms with E-state index in [9.17, 15) is 43.2 Å². The molecule has 0 aliphatic carbocycles. The second kappa shape index (κ2) is 72.0. The molecule has 0 rings (SSSR count). The van der Waals surface area contributed by atoms with Gasteiger partial charge in [0.25, 0.3) is 0 Å². The van der Waals surface area contributed by atoms with Gasteiger partial charge in [-0.05, 0) is 31.6 Å². The van der Waals surface area contributed by atoms with Gasteiger partial charge in [0, 0.05) is 25.7 Å². The van der Waals surface area contributed by atoms with E-state index in [1.165, 1.54) is 238 Å². The molecule has 3 N–H and O–H groups in total. The topological polar surface area (TPSA) is 237 Å². The first kappa shape index (κ1) is 96.1. The quantitative estimate of drug-likeness (QED) is 0.0222. The lowest BCUT2D eigenvalue weighted by molar-refractivity contribution is -0.161. The maximum absolute atomic E-state index is 13.1. The van der Waals surface area contributed by atoms with E-state index in [2.05, 4.69) is 34.6 Å². The number of unbranched alkanes of at least 4 members (excludes halogenated alkanes) is 50. The summed E-state index contributed by atoms with van der Waals surface area (Å²) in [6.07, 6.45) is 62.4. The zero-order valence-corrected chi connectivity index (χ0v) is 65.7. The molecule has 6 atom stereocenters. The molecule has 0 aromatic heterocycles. The fraction of sp³-hybridized carbons (Fsp3) is 0.949. The van der Waals surface area contributed by atoms with Crippen molar-refractivity contribution in [3.63, 3.8) is 0 Å². The van der Waals surface area contributed by atoms with Gasteiger partial charge in [-0.2, -0.15) is 0 Å². The summed E-state index contributed by atoms with van der Waals surface area (Å²) in [6, 6.07) is 0. The van der Waals surface area contributed by atoms with Crippen LogP contribution in [0.1, 0.15) is 420 Å². The zero-order chi connectivity index (χ0) is 71.9. The Morgan fingerprint density at radius 3 is 0.724 bits per heavy atom. The van der Waals surface area contributed by atoms with Gasteiger partial charge in [-0.25, -0.2) is 9.13 Å². The van der Waals surface area contributed by atoms with Crippen molar-refractivity contribution >= 4 is 39.5 Å². The molecular weight excluding hydrogens is 1280 g/mol. The fourth-order valence-electron chi connectivity index (χ4n) is 12.2. The van der Waals surface area contributed by atoms with Gasteiger partial charge in [0.15, 0.2) is 12.2 Å². The molecule has 3 unspecified atom stereocenters. The Morgan fingerprint density at radius 1 is 0.286 bits per heavy atom. The van der Waals surface area contributed by atoms with Gasteiger partial charge in [-0.1, -0.05) is 369 Å². The smallest absolute Gasteiger partial charge is 0.462 e. The lowest BCUT2D eigenvalue weighted by Crippen LogP contribution is -2.30. The molecule has 19 heteroatoms. The number of aliphatic hydroxyl groups excluding tert-OH is 1. The highest BCUT2D eigenvalue weighted by Crippen LogP contribution is 2.45. The molecule has 0 aromatic carbocycles. The zero-order valence-electron chi connectivity index (χ0n) is 63.9. The van der Waals surface area contributed by atoms with E-state index in [0.717, 1.165) is 102 Å². The largest absolute Gasteiger partial charge is 0.472 e. The van der Waals surface area contributed by atoms with Crippen molar-refractivity contribution in [2.75, 3.05) is 39.6 Å². The monoisotopic (exact) mass is 1440 g/mol. The molecule has 0 bridgehead atoms. The number of hydrogen-bond donors (Lipinski definition) is 3. The first-order valence-electron chi connectivity index (χ1n) is 41.2. The maximum atomic E-state index is 13.1. The highest BCUT2D eigenvalue weighted by molar-refractivity contribution is 7.47. The van der Waals surface area contributed by atoms with E-state index < -0.39 is 97.5 Å². The van der Waals surface area contributed by atoms with Crippen LogP contribution in [0.5, 0.6) is 0 Å². The Hall–Kier alpha value is -1.94. The molecule has 0 saturated carbocycles. The highest BCUT2D eigenvalue weighted by atomic mass is 31.2. The second-order valence-electron chi connectivity index (χ2n) is 28.7. The molecule has 0 saturated heterocycles. The predicted molar refractivity (Wildman–Crippen MR) is 400 cm³/mol. The average molecular weight is 1440 g/mol. The number of ether oxygens (including phenoxy) is 4. The molecule has 17 nitrogen and oxygen atoms in total. The Balaban J connectivity index is 5.17. The van der Waals surface area contributed by atoms with E-state index in [4.69, 9.17) is 37.0 Å². The van der Waals surface area contributed by atoms with Gasteiger partial charge >= 0.3 is 39.5 Å². The van der Waals surface area contributed by atoms with Crippen molar-refractivity contribution in [2.45, 2.75) is 438 Å². The first-order chi connectivity index (χ1) is 47.6. The second-order valence-corrected chi connectivity index (χ2v) is 31.6. The van der Waals surface area contributed by atoms with Gasteiger partial charge in [-0.3, -0.25) is 37.3 Å².